The van der Waals surface area contributed by atoms with E-state index >= 15 is 0 Å². The lowest BCUT2D eigenvalue weighted by atomic mass is 10.1. The van der Waals surface area contributed by atoms with Crippen LogP contribution in [-0.4, -0.2) is 12.0 Å². The number of hydrogen-bond donors (Lipinski definition) is 0. The Hall–Kier alpha value is -0.760. The first-order valence-electron chi connectivity index (χ1n) is 4.39. The number of thioether (sulfide) groups is 1. The fourth-order valence-electron chi connectivity index (χ4n) is 0.935. The van der Waals surface area contributed by atoms with Crippen molar-refractivity contribution in [3.05, 3.63) is 29.8 Å². The van der Waals surface area contributed by atoms with E-state index < -0.39 is 0 Å². The van der Waals surface area contributed by atoms with Crippen molar-refractivity contribution in [2.45, 2.75) is 25.7 Å². The predicted octanol–water partition coefficient (Wildman–Crippen LogP) is 3.64. The van der Waals surface area contributed by atoms with Crippen LogP contribution in [-0.2, 0) is 0 Å². The number of carbonyl (C=O) groups excluding carboxylic acids is 1. The van der Waals surface area contributed by atoms with E-state index in [-0.39, 0.29) is 5.78 Å². The highest BCUT2D eigenvalue weighted by atomic mass is 32.2. The summed E-state index contributed by atoms with van der Waals surface area (Å²) in [6, 6.07) is 7.64. The Kier molecular flexibility index (Phi) is 6.33. The van der Waals surface area contributed by atoms with Gasteiger partial charge in [-0.15, -0.1) is 11.8 Å². The number of Topliss-reactive ketones (excluding diaryl/α,β-unsaturated/α-hetero) is 1. The zero-order chi connectivity index (χ0) is 10.3. The Morgan fingerprint density at radius 1 is 1.23 bits per heavy atom. The van der Waals surface area contributed by atoms with Gasteiger partial charge in [0, 0.05) is 10.5 Å². The summed E-state index contributed by atoms with van der Waals surface area (Å²) >= 11 is 1.60. The first kappa shape index (κ1) is 12.2. The molecule has 0 spiro atoms. The molecular formula is C11H16OS. The zero-order valence-electron chi connectivity index (χ0n) is 8.63. The number of carbonyl (C=O) groups is 1. The minimum Gasteiger partial charge on any atom is -0.294 e. The lowest BCUT2D eigenvalue weighted by molar-refractivity contribution is 0.101. The van der Waals surface area contributed by atoms with Crippen molar-refractivity contribution < 1.29 is 4.79 Å². The molecule has 1 rings (SSSR count). The third-order valence-corrected chi connectivity index (χ3v) is 2.28. The van der Waals surface area contributed by atoms with E-state index in [1.165, 1.54) is 0 Å². The summed E-state index contributed by atoms with van der Waals surface area (Å²) in [5.41, 5.74) is 0.819. The molecule has 0 bridgehead atoms. The highest BCUT2D eigenvalue weighted by Gasteiger charge is 2.03. The molecule has 0 aliphatic carbocycles. The second kappa shape index (κ2) is 6.72. The highest BCUT2D eigenvalue weighted by molar-refractivity contribution is 7.98. The van der Waals surface area contributed by atoms with Gasteiger partial charge in [-0.3, -0.25) is 4.79 Å². The van der Waals surface area contributed by atoms with Crippen LogP contribution < -0.4 is 0 Å². The average molecular weight is 196 g/mol. The van der Waals surface area contributed by atoms with Gasteiger partial charge in [-0.05, 0) is 19.2 Å². The van der Waals surface area contributed by atoms with Crippen LogP contribution in [0.4, 0.5) is 0 Å². The molecule has 1 nitrogen and oxygen atoms in total. The zero-order valence-corrected chi connectivity index (χ0v) is 9.44. The van der Waals surface area contributed by atoms with E-state index in [0.29, 0.717) is 0 Å². The highest BCUT2D eigenvalue weighted by Crippen LogP contribution is 2.19. The summed E-state index contributed by atoms with van der Waals surface area (Å²) in [6.07, 6.45) is 1.97. The molecule has 72 valence electrons. The van der Waals surface area contributed by atoms with Crippen LogP contribution in [0.2, 0.25) is 0 Å². The Morgan fingerprint density at radius 3 is 2.15 bits per heavy atom. The van der Waals surface area contributed by atoms with Crippen LogP contribution >= 0.6 is 11.8 Å². The van der Waals surface area contributed by atoms with Crippen LogP contribution in [0.5, 0.6) is 0 Å². The number of benzene rings is 1. The first-order valence-corrected chi connectivity index (χ1v) is 5.62. The van der Waals surface area contributed by atoms with Crippen molar-refractivity contribution in [1.82, 2.24) is 0 Å². The first-order chi connectivity index (χ1) is 6.25. The molecule has 0 saturated heterocycles. The van der Waals surface area contributed by atoms with Gasteiger partial charge in [0.1, 0.15) is 0 Å². The van der Waals surface area contributed by atoms with Crippen LogP contribution in [0.1, 0.15) is 31.1 Å². The molecule has 0 aromatic heterocycles. The van der Waals surface area contributed by atoms with Crippen molar-refractivity contribution in [3.8, 4) is 0 Å². The monoisotopic (exact) mass is 196 g/mol. The van der Waals surface area contributed by atoms with Gasteiger partial charge in [0.15, 0.2) is 5.78 Å². The van der Waals surface area contributed by atoms with E-state index in [1.54, 1.807) is 18.7 Å². The Morgan fingerprint density at radius 2 is 1.77 bits per heavy atom. The van der Waals surface area contributed by atoms with Gasteiger partial charge in [-0.25, -0.2) is 0 Å². The van der Waals surface area contributed by atoms with E-state index in [0.717, 1.165) is 10.5 Å². The molecule has 0 aliphatic rings. The Labute approximate surface area is 84.5 Å². The summed E-state index contributed by atoms with van der Waals surface area (Å²) in [5.74, 6) is 0.134. The van der Waals surface area contributed by atoms with E-state index in [2.05, 4.69) is 0 Å². The van der Waals surface area contributed by atoms with Gasteiger partial charge >= 0.3 is 0 Å². The summed E-state index contributed by atoms with van der Waals surface area (Å²) in [7, 11) is 0. The van der Waals surface area contributed by atoms with Gasteiger partial charge in [0.2, 0.25) is 0 Å². The van der Waals surface area contributed by atoms with Crippen LogP contribution in [0, 0.1) is 0 Å². The van der Waals surface area contributed by atoms with Crippen LogP contribution in [0.3, 0.4) is 0 Å². The molecule has 2 heteroatoms. The van der Waals surface area contributed by atoms with Crippen LogP contribution in [0.25, 0.3) is 0 Å². The number of ketones is 1. The van der Waals surface area contributed by atoms with Gasteiger partial charge in [0.05, 0.1) is 0 Å². The Bertz CT molecular complexity index is 269. The molecule has 0 N–H and O–H groups in total. The summed E-state index contributed by atoms with van der Waals surface area (Å²) in [4.78, 5) is 12.1. The topological polar surface area (TPSA) is 17.1 Å². The van der Waals surface area contributed by atoms with Crippen molar-refractivity contribution in [3.63, 3.8) is 0 Å². The van der Waals surface area contributed by atoms with Crippen molar-refractivity contribution in [1.29, 1.82) is 0 Å². The molecule has 0 fully saturated rings. The molecule has 0 heterocycles. The van der Waals surface area contributed by atoms with E-state index in [9.17, 15) is 4.79 Å². The van der Waals surface area contributed by atoms with Gasteiger partial charge < -0.3 is 0 Å². The van der Waals surface area contributed by atoms with E-state index in [4.69, 9.17) is 0 Å². The fraction of sp³-hybridized carbons (Fsp3) is 0.364. The third-order valence-electron chi connectivity index (χ3n) is 1.49. The lowest BCUT2D eigenvalue weighted by Gasteiger charge is -2.01. The molecule has 0 saturated carbocycles. The van der Waals surface area contributed by atoms with Gasteiger partial charge in [-0.2, -0.15) is 0 Å². The quantitative estimate of drug-likeness (QED) is 0.530. The predicted molar refractivity (Wildman–Crippen MR) is 59.6 cm³/mol. The third kappa shape index (κ3) is 3.64. The summed E-state index contributed by atoms with van der Waals surface area (Å²) in [5, 5.41) is 0. The number of rotatable bonds is 2. The molecule has 0 atom stereocenters. The maximum atomic E-state index is 11.0. The number of hydrogen-bond acceptors (Lipinski definition) is 2. The largest absolute Gasteiger partial charge is 0.294 e. The molecule has 0 unspecified atom stereocenters. The standard InChI is InChI=1S/C9H10OS.C2H6/c1-7(10)8-5-3-4-6-9(8)11-2;1-2/h3-6H,1-2H3;1-2H3. The van der Waals surface area contributed by atoms with Crippen molar-refractivity contribution in [2.75, 3.05) is 6.26 Å². The van der Waals surface area contributed by atoms with Crippen LogP contribution in [0.15, 0.2) is 29.2 Å². The minimum atomic E-state index is 0.134. The molecule has 13 heavy (non-hydrogen) atoms. The second-order valence-electron chi connectivity index (χ2n) is 2.26. The van der Waals surface area contributed by atoms with Gasteiger partial charge in [-0.1, -0.05) is 32.0 Å². The second-order valence-corrected chi connectivity index (χ2v) is 3.10. The molecule has 0 aliphatic heterocycles. The molecule has 1 aromatic carbocycles. The molecule has 1 aromatic rings. The molecule has 0 amide bonds. The summed E-state index contributed by atoms with van der Waals surface area (Å²) < 4.78 is 0. The summed E-state index contributed by atoms with van der Waals surface area (Å²) in [6.45, 7) is 5.59. The molecular weight excluding hydrogens is 180 g/mol. The smallest absolute Gasteiger partial charge is 0.160 e. The lowest BCUT2D eigenvalue weighted by Crippen LogP contribution is -1.93. The molecule has 0 radical (unpaired) electrons. The van der Waals surface area contributed by atoms with Crippen molar-refractivity contribution >= 4 is 17.5 Å². The van der Waals surface area contributed by atoms with E-state index in [1.807, 2.05) is 44.4 Å². The fourth-order valence-corrected chi connectivity index (χ4v) is 1.58. The minimum absolute atomic E-state index is 0.134. The maximum absolute atomic E-state index is 11.0. The maximum Gasteiger partial charge on any atom is 0.160 e. The Balaban J connectivity index is 0.000000671. The van der Waals surface area contributed by atoms with Crippen molar-refractivity contribution in [2.24, 2.45) is 0 Å². The normalized spacial score (nSPS) is 8.62. The SMILES string of the molecule is CC.CSc1ccccc1C(C)=O. The average Bonchev–Trinajstić information content (AvgIpc) is 2.20. The van der Waals surface area contributed by atoms with Gasteiger partial charge in [0.25, 0.3) is 0 Å².